The normalized spacial score (nSPS) is 20.1. The number of carbonyl (C=O) groups is 2. The molecule has 0 saturated heterocycles. The summed E-state index contributed by atoms with van der Waals surface area (Å²) in [5, 5.41) is 114. The van der Waals surface area contributed by atoms with E-state index in [1.54, 1.807) is 0 Å². The maximum Gasteiger partial charge on any atom is 0.341 e. The van der Waals surface area contributed by atoms with Crippen LogP contribution >= 0.6 is 0 Å². The van der Waals surface area contributed by atoms with Crippen molar-refractivity contribution in [1.82, 2.24) is 0 Å². The van der Waals surface area contributed by atoms with E-state index in [2.05, 4.69) is 9.47 Å². The first kappa shape index (κ1) is 31.7. The van der Waals surface area contributed by atoms with Crippen LogP contribution in [0.2, 0.25) is 0 Å². The lowest BCUT2D eigenvalue weighted by Gasteiger charge is -2.28. The van der Waals surface area contributed by atoms with Gasteiger partial charge in [0, 0.05) is 0 Å². The third kappa shape index (κ3) is 8.10. The van der Waals surface area contributed by atoms with Gasteiger partial charge in [-0.3, -0.25) is 0 Å². The standard InChI is InChI=1S/C20H30O16/c21-5-9(23)11(25)13(27)15(29)19(33)35-17(31)7-3-1-2-4-8(7)18(32)36-20(34)16(30)14(28)12(26)10(24)6-22/h1-4,9-16,19-30,33-34H,5-6H2/t9-,10-,11-,12-,13+,14+,15+,16+,19?,20?/m1/s1. The van der Waals surface area contributed by atoms with E-state index in [9.17, 15) is 60.7 Å². The van der Waals surface area contributed by atoms with Gasteiger partial charge in [0.15, 0.2) is 0 Å². The number of hydrogen-bond donors (Lipinski definition) is 12. The zero-order valence-corrected chi connectivity index (χ0v) is 18.5. The van der Waals surface area contributed by atoms with Gasteiger partial charge in [-0.1, -0.05) is 12.1 Å². The molecule has 0 bridgehead atoms. The summed E-state index contributed by atoms with van der Waals surface area (Å²) < 4.78 is 9.08. The van der Waals surface area contributed by atoms with Crippen LogP contribution < -0.4 is 0 Å². The molecule has 1 aromatic carbocycles. The minimum Gasteiger partial charge on any atom is -0.429 e. The van der Waals surface area contributed by atoms with Crippen LogP contribution in [-0.2, 0) is 9.47 Å². The van der Waals surface area contributed by atoms with E-state index in [1.165, 1.54) is 12.1 Å². The summed E-state index contributed by atoms with van der Waals surface area (Å²) >= 11 is 0. The second-order valence-corrected chi connectivity index (χ2v) is 7.58. The first-order chi connectivity index (χ1) is 16.8. The summed E-state index contributed by atoms with van der Waals surface area (Å²) in [6, 6.07) is 4.43. The fourth-order valence-electron chi connectivity index (χ4n) is 2.74. The van der Waals surface area contributed by atoms with E-state index in [0.29, 0.717) is 0 Å². The minimum atomic E-state index is -2.50. The highest BCUT2D eigenvalue weighted by atomic mass is 16.7. The lowest BCUT2D eigenvalue weighted by Crippen LogP contribution is -2.51. The van der Waals surface area contributed by atoms with Crippen LogP contribution in [-0.4, -0.2) is 148 Å². The molecule has 2 unspecified atom stereocenters. The van der Waals surface area contributed by atoms with Crippen LogP contribution in [0.5, 0.6) is 0 Å². The van der Waals surface area contributed by atoms with E-state index in [4.69, 9.17) is 10.2 Å². The fourth-order valence-corrected chi connectivity index (χ4v) is 2.74. The van der Waals surface area contributed by atoms with Crippen molar-refractivity contribution in [1.29, 1.82) is 0 Å². The van der Waals surface area contributed by atoms with Crippen molar-refractivity contribution in [2.45, 2.75) is 61.4 Å². The Balaban J connectivity index is 2.94. The Morgan fingerprint density at radius 3 is 1.14 bits per heavy atom. The van der Waals surface area contributed by atoms with Crippen molar-refractivity contribution >= 4 is 11.9 Å². The van der Waals surface area contributed by atoms with Crippen molar-refractivity contribution in [2.75, 3.05) is 13.2 Å². The summed E-state index contributed by atoms with van der Waals surface area (Å²) in [7, 11) is 0. The highest BCUT2D eigenvalue weighted by Gasteiger charge is 2.38. The molecule has 0 aliphatic rings. The van der Waals surface area contributed by atoms with Gasteiger partial charge in [-0.15, -0.1) is 0 Å². The first-order valence-electron chi connectivity index (χ1n) is 10.3. The molecule has 0 fully saturated rings. The van der Waals surface area contributed by atoms with Crippen molar-refractivity contribution in [3.8, 4) is 0 Å². The van der Waals surface area contributed by atoms with Crippen LogP contribution in [0.15, 0.2) is 24.3 Å². The Hall–Kier alpha value is -2.32. The Morgan fingerprint density at radius 2 is 0.861 bits per heavy atom. The number of benzene rings is 1. The number of aliphatic hydroxyl groups excluding tert-OH is 12. The van der Waals surface area contributed by atoms with Crippen molar-refractivity contribution in [3.63, 3.8) is 0 Å². The molecule has 16 heteroatoms. The Labute approximate surface area is 203 Å². The predicted molar refractivity (Wildman–Crippen MR) is 112 cm³/mol. The van der Waals surface area contributed by atoms with E-state index in [1.807, 2.05) is 0 Å². The second-order valence-electron chi connectivity index (χ2n) is 7.58. The maximum atomic E-state index is 12.4. The fraction of sp³-hybridized carbons (Fsp3) is 0.600. The molecule has 0 amide bonds. The van der Waals surface area contributed by atoms with Gasteiger partial charge in [0.25, 0.3) is 0 Å². The number of hydrogen-bond acceptors (Lipinski definition) is 16. The van der Waals surface area contributed by atoms with Gasteiger partial charge in [-0.05, 0) is 12.1 Å². The Bertz CT molecular complexity index is 769. The summed E-state index contributed by atoms with van der Waals surface area (Å²) in [5.41, 5.74) is -1.23. The van der Waals surface area contributed by atoms with Gasteiger partial charge >= 0.3 is 11.9 Å². The number of esters is 2. The summed E-state index contributed by atoms with van der Waals surface area (Å²) in [4.78, 5) is 24.8. The molecule has 1 rings (SSSR count). The zero-order valence-electron chi connectivity index (χ0n) is 18.5. The Morgan fingerprint density at radius 1 is 0.556 bits per heavy atom. The van der Waals surface area contributed by atoms with E-state index >= 15 is 0 Å². The minimum absolute atomic E-state index is 0.614. The molecule has 16 nitrogen and oxygen atoms in total. The predicted octanol–water partition coefficient (Wildman–Crippen LogP) is -6.49. The van der Waals surface area contributed by atoms with Gasteiger partial charge in [-0.2, -0.15) is 0 Å². The molecule has 0 spiro atoms. The molecular weight excluding hydrogens is 496 g/mol. The highest BCUT2D eigenvalue weighted by molar-refractivity contribution is 6.03. The molecule has 10 atom stereocenters. The molecular formula is C20H30O16. The van der Waals surface area contributed by atoms with E-state index < -0.39 is 97.7 Å². The molecule has 36 heavy (non-hydrogen) atoms. The molecule has 0 heterocycles. The molecule has 206 valence electrons. The quantitative estimate of drug-likeness (QED) is 0.0792. The zero-order chi connectivity index (χ0) is 27.7. The van der Waals surface area contributed by atoms with Gasteiger partial charge < -0.3 is 70.8 Å². The Kier molecular flexibility index (Phi) is 12.7. The second kappa shape index (κ2) is 14.4. The topological polar surface area (TPSA) is 295 Å². The van der Waals surface area contributed by atoms with Crippen LogP contribution in [0.4, 0.5) is 0 Å². The van der Waals surface area contributed by atoms with Gasteiger partial charge in [0.05, 0.1) is 24.3 Å². The number of carbonyl (C=O) groups excluding carboxylic acids is 2. The molecule has 0 aliphatic carbocycles. The first-order valence-corrected chi connectivity index (χ1v) is 10.3. The van der Waals surface area contributed by atoms with Gasteiger partial charge in [-0.25, -0.2) is 9.59 Å². The monoisotopic (exact) mass is 526 g/mol. The van der Waals surface area contributed by atoms with Crippen molar-refractivity contribution in [3.05, 3.63) is 35.4 Å². The molecule has 12 N–H and O–H groups in total. The molecule has 0 radical (unpaired) electrons. The molecule has 0 saturated carbocycles. The lowest BCUT2D eigenvalue weighted by atomic mass is 10.0. The highest BCUT2D eigenvalue weighted by Crippen LogP contribution is 2.17. The largest absolute Gasteiger partial charge is 0.429 e. The third-order valence-electron chi connectivity index (χ3n) is 4.97. The molecule has 1 aromatic rings. The van der Waals surface area contributed by atoms with Crippen LogP contribution in [0.1, 0.15) is 20.7 Å². The van der Waals surface area contributed by atoms with Gasteiger partial charge in [0.1, 0.15) is 48.8 Å². The number of aliphatic hydroxyl groups is 12. The van der Waals surface area contributed by atoms with Gasteiger partial charge in [0.2, 0.25) is 12.6 Å². The average molecular weight is 526 g/mol. The third-order valence-corrected chi connectivity index (χ3v) is 4.97. The van der Waals surface area contributed by atoms with E-state index in [-0.39, 0.29) is 0 Å². The molecule has 0 aromatic heterocycles. The summed E-state index contributed by atoms with van der Waals surface area (Å²) in [5.74, 6) is -2.95. The summed E-state index contributed by atoms with van der Waals surface area (Å²) in [6.07, 6.45) is -22.4. The van der Waals surface area contributed by atoms with Crippen LogP contribution in [0, 0.1) is 0 Å². The van der Waals surface area contributed by atoms with E-state index in [0.717, 1.165) is 12.1 Å². The summed E-state index contributed by atoms with van der Waals surface area (Å²) in [6.45, 7) is -2.01. The SMILES string of the molecule is O=C(OC(O)[C@@H](O)[C@@H](O)[C@H](O)[C@H](O)CO)c1ccccc1C(=O)OC(O)[C@@H](O)[C@@H](O)[C@H](O)[C@H](O)CO. The smallest absolute Gasteiger partial charge is 0.341 e. The van der Waals surface area contributed by atoms with Crippen LogP contribution in [0.3, 0.4) is 0 Å². The number of ether oxygens (including phenoxy) is 2. The maximum absolute atomic E-state index is 12.4. The number of rotatable bonds is 14. The lowest BCUT2D eigenvalue weighted by molar-refractivity contribution is -0.192. The van der Waals surface area contributed by atoms with Crippen LogP contribution in [0.25, 0.3) is 0 Å². The van der Waals surface area contributed by atoms with Crippen molar-refractivity contribution in [2.24, 2.45) is 0 Å². The van der Waals surface area contributed by atoms with Crippen molar-refractivity contribution < 1.29 is 80.3 Å². The average Bonchev–Trinajstić information content (AvgIpc) is 2.88. The molecule has 0 aliphatic heterocycles.